The highest BCUT2D eigenvalue weighted by molar-refractivity contribution is 8.27. The number of hydrogen-bond donors (Lipinski definition) is 1. The second-order valence-electron chi connectivity index (χ2n) is 8.11. The van der Waals surface area contributed by atoms with Gasteiger partial charge in [-0.3, -0.25) is 20.3 Å². The molecule has 35 heavy (non-hydrogen) atoms. The molecule has 4 rings (SSSR count). The fraction of sp³-hybridized carbons (Fsp3) is 0.250. The zero-order valence-electron chi connectivity index (χ0n) is 19.3. The highest BCUT2D eigenvalue weighted by Crippen LogP contribution is 2.32. The maximum atomic E-state index is 12.7. The maximum Gasteiger partial charge on any atom is 0.283 e. The van der Waals surface area contributed by atoms with Gasteiger partial charge in [-0.25, -0.2) is 0 Å². The third-order valence-corrected chi connectivity index (χ3v) is 6.28. The number of aryl methyl sites for hydroxylation is 1. The Balaban J connectivity index is 1.57. The Kier molecular flexibility index (Phi) is 6.97. The molecule has 2 aliphatic rings. The highest BCUT2D eigenvalue weighted by Gasteiger charge is 2.36. The number of benzene rings is 2. The van der Waals surface area contributed by atoms with Crippen molar-refractivity contribution < 1.29 is 19.2 Å². The average molecular weight is 494 g/mol. The number of nitrogens with zero attached hydrogens (tertiary/aromatic N) is 4. The van der Waals surface area contributed by atoms with Crippen LogP contribution >= 0.6 is 11.8 Å². The summed E-state index contributed by atoms with van der Waals surface area (Å²) in [7, 11) is 0. The molecule has 0 radical (unpaired) electrons. The van der Waals surface area contributed by atoms with Gasteiger partial charge in [0.25, 0.3) is 11.6 Å². The van der Waals surface area contributed by atoms with Gasteiger partial charge < -0.3 is 9.47 Å². The van der Waals surface area contributed by atoms with Gasteiger partial charge in [-0.2, -0.15) is 15.1 Å². The first-order chi connectivity index (χ1) is 16.7. The number of hydrazone groups is 1. The van der Waals surface area contributed by atoms with Crippen LogP contribution in [0.2, 0.25) is 0 Å². The standard InChI is InChI=1S/C24H23N5O5S/c1-14(2)23-27-28-21(25)19(22(30)26-24(28)35-23)13-16-12-17(29(31)32)7-8-20(16)34-10-9-33-18-6-4-5-15(3)11-18/h4-8,11-14,25H,9-10H2,1-3H3/b19-13-,25-21?. The predicted octanol–water partition coefficient (Wildman–Crippen LogP) is 4.64. The number of carbonyl (C=O) groups is 1. The van der Waals surface area contributed by atoms with Crippen molar-refractivity contribution in [3.05, 3.63) is 69.3 Å². The van der Waals surface area contributed by atoms with Gasteiger partial charge in [-0.15, -0.1) is 0 Å². The quantitative estimate of drug-likeness (QED) is 0.245. The lowest BCUT2D eigenvalue weighted by Gasteiger charge is -2.20. The van der Waals surface area contributed by atoms with E-state index < -0.39 is 10.8 Å². The first kappa shape index (κ1) is 24.1. The van der Waals surface area contributed by atoms with Crippen LogP contribution in [0.5, 0.6) is 11.5 Å². The Morgan fingerprint density at radius 3 is 2.69 bits per heavy atom. The van der Waals surface area contributed by atoms with E-state index in [0.29, 0.717) is 16.7 Å². The average Bonchev–Trinajstić information content (AvgIpc) is 3.24. The van der Waals surface area contributed by atoms with Gasteiger partial charge in [0.2, 0.25) is 5.17 Å². The number of aliphatic imine (C=N–C) groups is 1. The van der Waals surface area contributed by atoms with E-state index >= 15 is 0 Å². The van der Waals surface area contributed by atoms with Crippen LogP contribution in [0.1, 0.15) is 25.0 Å². The molecule has 0 bridgehead atoms. The van der Waals surface area contributed by atoms with Crippen LogP contribution in [0.4, 0.5) is 5.69 Å². The van der Waals surface area contributed by atoms with Crippen molar-refractivity contribution in [2.24, 2.45) is 16.0 Å². The third kappa shape index (κ3) is 5.40. The van der Waals surface area contributed by atoms with Crippen molar-refractivity contribution in [3.8, 4) is 11.5 Å². The molecule has 0 spiro atoms. The number of nitro benzene ring substituents is 1. The topological polar surface area (TPSA) is 130 Å². The molecule has 0 saturated heterocycles. The second kappa shape index (κ2) is 10.1. The number of amides is 1. The Labute approximate surface area is 206 Å². The summed E-state index contributed by atoms with van der Waals surface area (Å²) in [4.78, 5) is 27.6. The lowest BCUT2D eigenvalue weighted by Crippen LogP contribution is -2.35. The van der Waals surface area contributed by atoms with Crippen LogP contribution in [-0.4, -0.2) is 45.1 Å². The molecule has 11 heteroatoms. The Morgan fingerprint density at radius 2 is 1.97 bits per heavy atom. The number of ether oxygens (including phenoxy) is 2. The fourth-order valence-corrected chi connectivity index (χ4v) is 4.20. The molecule has 0 unspecified atom stereocenters. The maximum absolute atomic E-state index is 12.7. The van der Waals surface area contributed by atoms with Crippen LogP contribution in [-0.2, 0) is 4.79 Å². The van der Waals surface area contributed by atoms with Crippen LogP contribution < -0.4 is 9.47 Å². The van der Waals surface area contributed by atoms with E-state index in [1.165, 1.54) is 41.0 Å². The fourth-order valence-electron chi connectivity index (χ4n) is 3.31. The number of hydrogen-bond acceptors (Lipinski definition) is 8. The van der Waals surface area contributed by atoms with Crippen molar-refractivity contribution in [2.75, 3.05) is 13.2 Å². The van der Waals surface area contributed by atoms with E-state index in [1.807, 2.05) is 45.0 Å². The van der Waals surface area contributed by atoms with Crippen molar-refractivity contribution in [1.29, 1.82) is 5.41 Å². The summed E-state index contributed by atoms with van der Waals surface area (Å²) < 4.78 is 11.5. The number of nitro groups is 1. The van der Waals surface area contributed by atoms with Crippen molar-refractivity contribution in [2.45, 2.75) is 20.8 Å². The van der Waals surface area contributed by atoms with Crippen LogP contribution in [0.3, 0.4) is 0 Å². The number of fused-ring (bicyclic) bond motifs is 1. The van der Waals surface area contributed by atoms with Crippen molar-refractivity contribution in [1.82, 2.24) is 5.01 Å². The summed E-state index contributed by atoms with van der Waals surface area (Å²) in [5.41, 5.74) is 1.14. The van der Waals surface area contributed by atoms with E-state index in [9.17, 15) is 14.9 Å². The number of thioether (sulfide) groups is 1. The zero-order chi connectivity index (χ0) is 25.1. The molecule has 1 amide bonds. The molecule has 2 aromatic carbocycles. The van der Waals surface area contributed by atoms with Gasteiger partial charge in [0.1, 0.15) is 29.8 Å². The largest absolute Gasteiger partial charge is 0.490 e. The molecule has 0 atom stereocenters. The molecule has 180 valence electrons. The van der Waals surface area contributed by atoms with E-state index in [4.69, 9.17) is 14.9 Å². The molecule has 0 aliphatic carbocycles. The Bertz CT molecular complexity index is 1300. The molecule has 2 aliphatic heterocycles. The van der Waals surface area contributed by atoms with E-state index in [0.717, 1.165) is 10.6 Å². The van der Waals surface area contributed by atoms with Gasteiger partial charge in [-0.1, -0.05) is 26.0 Å². The van der Waals surface area contributed by atoms with Crippen LogP contribution in [0.15, 0.2) is 58.1 Å². The first-order valence-electron chi connectivity index (χ1n) is 10.8. The predicted molar refractivity (Wildman–Crippen MR) is 135 cm³/mol. The van der Waals surface area contributed by atoms with Crippen molar-refractivity contribution in [3.63, 3.8) is 0 Å². The van der Waals surface area contributed by atoms with Gasteiger partial charge in [-0.05, 0) is 48.5 Å². The number of non-ortho nitro benzene ring substituents is 1. The SMILES string of the molecule is Cc1cccc(OCCOc2ccc([N+](=O)[O-])cc2/C=C2/C(=N)N3N=C(C(C)C)SC3=NC2=O)c1. The first-order valence-corrected chi connectivity index (χ1v) is 11.7. The van der Waals surface area contributed by atoms with E-state index in [2.05, 4.69) is 10.1 Å². The smallest absolute Gasteiger partial charge is 0.283 e. The summed E-state index contributed by atoms with van der Waals surface area (Å²) >= 11 is 1.25. The van der Waals surface area contributed by atoms with Crippen LogP contribution in [0, 0.1) is 28.4 Å². The minimum Gasteiger partial charge on any atom is -0.490 e. The van der Waals surface area contributed by atoms with Gasteiger partial charge >= 0.3 is 0 Å². The Hall–Kier alpha value is -3.99. The lowest BCUT2D eigenvalue weighted by molar-refractivity contribution is -0.384. The Morgan fingerprint density at radius 1 is 1.20 bits per heavy atom. The molecule has 0 saturated carbocycles. The number of nitrogens with one attached hydrogen (secondary N) is 1. The summed E-state index contributed by atoms with van der Waals surface area (Å²) in [6.07, 6.45) is 1.38. The minimum atomic E-state index is -0.616. The summed E-state index contributed by atoms with van der Waals surface area (Å²) in [5, 5.41) is 26.6. The van der Waals surface area contributed by atoms with Gasteiger partial charge in [0.05, 0.1) is 10.5 Å². The van der Waals surface area contributed by atoms with E-state index in [-0.39, 0.29) is 41.8 Å². The molecular formula is C24H23N5O5S. The number of amidine groups is 2. The molecule has 0 aromatic heterocycles. The molecule has 0 fully saturated rings. The highest BCUT2D eigenvalue weighted by atomic mass is 32.2. The summed E-state index contributed by atoms with van der Waals surface area (Å²) in [5.74, 6) is 0.368. The normalized spacial score (nSPS) is 16.3. The molecule has 2 heterocycles. The number of rotatable bonds is 8. The number of carbonyl (C=O) groups excluding carboxylic acids is 1. The monoisotopic (exact) mass is 493 g/mol. The summed E-state index contributed by atoms with van der Waals surface area (Å²) in [6.45, 7) is 6.30. The zero-order valence-corrected chi connectivity index (χ0v) is 20.2. The minimum absolute atomic E-state index is 0.0375. The lowest BCUT2D eigenvalue weighted by atomic mass is 10.1. The molecule has 2 aromatic rings. The molecule has 1 N–H and O–H groups in total. The van der Waals surface area contributed by atoms with Crippen LogP contribution in [0.25, 0.3) is 6.08 Å². The summed E-state index contributed by atoms with van der Waals surface area (Å²) in [6, 6.07) is 11.7. The molecule has 10 nitrogen and oxygen atoms in total. The third-order valence-electron chi connectivity index (χ3n) is 5.07. The van der Waals surface area contributed by atoms with E-state index in [1.54, 1.807) is 0 Å². The molecular weight excluding hydrogens is 470 g/mol. The van der Waals surface area contributed by atoms with Gasteiger partial charge in [0.15, 0.2) is 5.84 Å². The van der Waals surface area contributed by atoms with Crippen molar-refractivity contribution >= 4 is 45.5 Å². The second-order valence-corrected chi connectivity index (χ2v) is 9.09. The van der Waals surface area contributed by atoms with Gasteiger partial charge in [0, 0.05) is 23.6 Å².